The minimum absolute atomic E-state index is 0.0465. The van der Waals surface area contributed by atoms with Crippen LogP contribution in [-0.2, 0) is 14.3 Å². The molecule has 0 aliphatic carbocycles. The van der Waals surface area contributed by atoms with Crippen molar-refractivity contribution in [2.24, 2.45) is 5.92 Å². The predicted molar refractivity (Wildman–Crippen MR) is 91.3 cm³/mol. The Morgan fingerprint density at radius 3 is 2.59 bits per heavy atom. The van der Waals surface area contributed by atoms with Gasteiger partial charge in [0, 0.05) is 16.6 Å². The van der Waals surface area contributed by atoms with Gasteiger partial charge in [0.05, 0.1) is 0 Å². The lowest BCUT2D eigenvalue weighted by molar-refractivity contribution is -0.144. The number of nitrogens with one attached hydrogen (secondary N) is 1. The summed E-state index contributed by atoms with van der Waals surface area (Å²) in [6.07, 6.45) is 2.97. The molecular formula is C17H22BrNO3. The molecule has 0 saturated heterocycles. The number of amides is 1. The molecule has 0 aliphatic heterocycles. The second kappa shape index (κ2) is 8.73. The molecule has 0 spiro atoms. The van der Waals surface area contributed by atoms with E-state index in [2.05, 4.69) is 21.2 Å². The second-order valence-corrected chi connectivity index (χ2v) is 6.42. The number of halogens is 1. The van der Waals surface area contributed by atoms with Crippen LogP contribution in [0.5, 0.6) is 0 Å². The van der Waals surface area contributed by atoms with Crippen molar-refractivity contribution in [3.8, 4) is 0 Å². The Balaban J connectivity index is 2.46. The molecule has 1 amide bonds. The molecule has 0 bridgehead atoms. The summed E-state index contributed by atoms with van der Waals surface area (Å²) >= 11 is 3.43. The zero-order valence-corrected chi connectivity index (χ0v) is 14.9. The van der Waals surface area contributed by atoms with Crippen molar-refractivity contribution in [3.63, 3.8) is 0 Å². The Bertz CT molecular complexity index is 567. The lowest BCUT2D eigenvalue weighted by Crippen LogP contribution is -2.38. The smallest absolute Gasteiger partial charge is 0.331 e. The van der Waals surface area contributed by atoms with E-state index in [1.165, 1.54) is 6.08 Å². The Morgan fingerprint density at radius 2 is 2.00 bits per heavy atom. The fraction of sp³-hybridized carbons (Fsp3) is 0.412. The van der Waals surface area contributed by atoms with Crippen LogP contribution >= 0.6 is 15.9 Å². The molecule has 0 fully saturated rings. The van der Waals surface area contributed by atoms with Gasteiger partial charge in [0.25, 0.3) is 5.91 Å². The van der Waals surface area contributed by atoms with Gasteiger partial charge in [0.1, 0.15) is 0 Å². The van der Waals surface area contributed by atoms with Gasteiger partial charge in [-0.05, 0) is 43.0 Å². The van der Waals surface area contributed by atoms with Gasteiger partial charge in [0.2, 0.25) is 0 Å². The first-order valence-electron chi connectivity index (χ1n) is 7.20. The monoisotopic (exact) mass is 367 g/mol. The van der Waals surface area contributed by atoms with Crippen LogP contribution in [0.1, 0.15) is 31.9 Å². The number of benzene rings is 1. The Labute approximate surface area is 140 Å². The van der Waals surface area contributed by atoms with Crippen LogP contribution in [0.2, 0.25) is 0 Å². The minimum Gasteiger partial charge on any atom is -0.452 e. The highest BCUT2D eigenvalue weighted by Gasteiger charge is 2.11. The summed E-state index contributed by atoms with van der Waals surface area (Å²) in [6, 6.07) is 5.87. The average Bonchev–Trinajstić information content (AvgIpc) is 2.44. The fourth-order valence-electron chi connectivity index (χ4n) is 1.57. The van der Waals surface area contributed by atoms with E-state index in [4.69, 9.17) is 4.74 Å². The zero-order chi connectivity index (χ0) is 16.7. The van der Waals surface area contributed by atoms with E-state index in [0.29, 0.717) is 5.92 Å². The summed E-state index contributed by atoms with van der Waals surface area (Å²) in [5.41, 5.74) is 2.00. The molecule has 1 aromatic rings. The fourth-order valence-corrected chi connectivity index (χ4v) is 2.20. The number of hydrogen-bond donors (Lipinski definition) is 1. The van der Waals surface area contributed by atoms with E-state index in [-0.39, 0.29) is 18.6 Å². The van der Waals surface area contributed by atoms with Gasteiger partial charge in [-0.3, -0.25) is 4.79 Å². The summed E-state index contributed by atoms with van der Waals surface area (Å²) in [4.78, 5) is 23.2. The first kappa shape index (κ1) is 18.4. The maximum Gasteiger partial charge on any atom is 0.331 e. The maximum absolute atomic E-state index is 11.6. The molecule has 1 atom stereocenters. The second-order valence-electron chi connectivity index (χ2n) is 5.57. The number of hydrogen-bond acceptors (Lipinski definition) is 3. The SMILES string of the molecule is Cc1ccc(/C=C/C(=O)OCC(=O)N[C@H](C)C(C)C)c(Br)c1. The van der Waals surface area contributed by atoms with Gasteiger partial charge in [-0.25, -0.2) is 4.79 Å². The third-order valence-electron chi connectivity index (χ3n) is 3.29. The van der Waals surface area contributed by atoms with Gasteiger partial charge in [-0.15, -0.1) is 0 Å². The van der Waals surface area contributed by atoms with E-state index in [0.717, 1.165) is 15.6 Å². The third kappa shape index (κ3) is 6.43. The molecule has 0 aromatic heterocycles. The Morgan fingerprint density at radius 1 is 1.32 bits per heavy atom. The van der Waals surface area contributed by atoms with Crippen LogP contribution < -0.4 is 5.32 Å². The van der Waals surface area contributed by atoms with Crippen molar-refractivity contribution in [3.05, 3.63) is 39.9 Å². The molecule has 0 heterocycles. The van der Waals surface area contributed by atoms with Crippen molar-refractivity contribution in [2.45, 2.75) is 33.7 Å². The molecule has 0 saturated carbocycles. The molecular weight excluding hydrogens is 346 g/mol. The van der Waals surface area contributed by atoms with E-state index in [9.17, 15) is 9.59 Å². The first-order chi connectivity index (χ1) is 10.3. The van der Waals surface area contributed by atoms with Crippen molar-refractivity contribution < 1.29 is 14.3 Å². The quantitative estimate of drug-likeness (QED) is 0.618. The Hall–Kier alpha value is -1.62. The number of carbonyl (C=O) groups excluding carboxylic acids is 2. The highest BCUT2D eigenvalue weighted by atomic mass is 79.9. The van der Waals surface area contributed by atoms with Crippen molar-refractivity contribution in [1.29, 1.82) is 0 Å². The van der Waals surface area contributed by atoms with Gasteiger partial charge < -0.3 is 10.1 Å². The summed E-state index contributed by atoms with van der Waals surface area (Å²) in [5, 5.41) is 2.78. The number of ether oxygens (including phenoxy) is 1. The van der Waals surface area contributed by atoms with Crippen LogP contribution in [0.15, 0.2) is 28.7 Å². The van der Waals surface area contributed by atoms with E-state index in [1.807, 2.05) is 45.9 Å². The lowest BCUT2D eigenvalue weighted by Gasteiger charge is -2.16. The summed E-state index contributed by atoms with van der Waals surface area (Å²) in [7, 11) is 0. The molecule has 1 rings (SSSR count). The largest absolute Gasteiger partial charge is 0.452 e. The highest BCUT2D eigenvalue weighted by Crippen LogP contribution is 2.19. The molecule has 0 unspecified atom stereocenters. The number of aryl methyl sites for hydroxylation is 1. The van der Waals surface area contributed by atoms with Crippen LogP contribution in [0.3, 0.4) is 0 Å². The van der Waals surface area contributed by atoms with Gasteiger partial charge in [-0.2, -0.15) is 0 Å². The molecule has 4 nitrogen and oxygen atoms in total. The summed E-state index contributed by atoms with van der Waals surface area (Å²) in [6.45, 7) is 7.66. The number of rotatable bonds is 6. The van der Waals surface area contributed by atoms with Crippen molar-refractivity contribution in [1.82, 2.24) is 5.32 Å². The van der Waals surface area contributed by atoms with E-state index >= 15 is 0 Å². The van der Waals surface area contributed by atoms with Crippen LogP contribution in [0, 0.1) is 12.8 Å². The van der Waals surface area contributed by atoms with Crippen LogP contribution in [0.25, 0.3) is 6.08 Å². The Kier molecular flexibility index (Phi) is 7.32. The molecule has 0 radical (unpaired) electrons. The molecule has 0 aliphatic rings. The normalized spacial score (nSPS) is 12.5. The third-order valence-corrected chi connectivity index (χ3v) is 3.98. The van der Waals surface area contributed by atoms with E-state index < -0.39 is 5.97 Å². The molecule has 5 heteroatoms. The van der Waals surface area contributed by atoms with Gasteiger partial charge in [-0.1, -0.05) is 41.9 Å². The van der Waals surface area contributed by atoms with Gasteiger partial charge >= 0.3 is 5.97 Å². The molecule has 1 aromatic carbocycles. The summed E-state index contributed by atoms with van der Waals surface area (Å²) in [5.74, 6) is -0.502. The highest BCUT2D eigenvalue weighted by molar-refractivity contribution is 9.10. The summed E-state index contributed by atoms with van der Waals surface area (Å²) < 4.78 is 5.82. The standard InChI is InChI=1S/C17H22BrNO3/c1-11(2)13(4)19-16(20)10-22-17(21)8-7-14-6-5-12(3)9-15(14)18/h5-9,11,13H,10H2,1-4H3,(H,19,20)/b8-7+/t13-/m1/s1. The number of carbonyl (C=O) groups is 2. The number of esters is 1. The molecule has 1 N–H and O–H groups in total. The first-order valence-corrected chi connectivity index (χ1v) is 7.99. The maximum atomic E-state index is 11.6. The molecule has 22 heavy (non-hydrogen) atoms. The average molecular weight is 368 g/mol. The van der Waals surface area contributed by atoms with E-state index in [1.54, 1.807) is 6.08 Å². The van der Waals surface area contributed by atoms with Gasteiger partial charge in [0.15, 0.2) is 6.61 Å². The minimum atomic E-state index is -0.542. The van der Waals surface area contributed by atoms with Crippen molar-refractivity contribution in [2.75, 3.05) is 6.61 Å². The van der Waals surface area contributed by atoms with Crippen molar-refractivity contribution >= 4 is 33.9 Å². The van der Waals surface area contributed by atoms with Crippen LogP contribution in [0.4, 0.5) is 0 Å². The molecule has 120 valence electrons. The lowest BCUT2D eigenvalue weighted by atomic mass is 10.1. The topological polar surface area (TPSA) is 55.4 Å². The van der Waals surface area contributed by atoms with Crippen LogP contribution in [-0.4, -0.2) is 24.5 Å². The zero-order valence-electron chi connectivity index (χ0n) is 13.4. The predicted octanol–water partition coefficient (Wildman–Crippen LogP) is 3.47.